The Morgan fingerprint density at radius 3 is 1.93 bits per heavy atom. The van der Waals surface area contributed by atoms with Crippen LogP contribution in [0.1, 0.15) is 47.5 Å². The molecule has 1 N–H and O–H groups in total. The Balaban J connectivity index is 0. The van der Waals surface area contributed by atoms with E-state index in [4.69, 9.17) is 9.90 Å². The van der Waals surface area contributed by atoms with Gasteiger partial charge in [0.2, 0.25) is 0 Å². The van der Waals surface area contributed by atoms with Gasteiger partial charge in [0.25, 0.3) is 5.97 Å². The quantitative estimate of drug-likeness (QED) is 0.700. The first-order valence-electron chi connectivity index (χ1n) is 4.84. The largest absolute Gasteiger partial charge is 0.481 e. The maximum absolute atomic E-state index is 9.00. The first-order valence-corrected chi connectivity index (χ1v) is 4.84. The number of rotatable bonds is 3. The Morgan fingerprint density at radius 1 is 1.21 bits per heavy atom. The average molecular weight is 198 g/mol. The Kier molecular flexibility index (Phi) is 11.1. The number of carbonyl (C=O) groups is 1. The summed E-state index contributed by atoms with van der Waals surface area (Å²) < 4.78 is 0. The van der Waals surface area contributed by atoms with Gasteiger partial charge in [-0.2, -0.15) is 0 Å². The van der Waals surface area contributed by atoms with E-state index in [1.165, 1.54) is 24.0 Å². The van der Waals surface area contributed by atoms with Gasteiger partial charge in [-0.25, -0.2) is 0 Å². The van der Waals surface area contributed by atoms with Crippen LogP contribution in [0.25, 0.3) is 0 Å². The van der Waals surface area contributed by atoms with Gasteiger partial charge < -0.3 is 5.11 Å². The zero-order chi connectivity index (χ0) is 11.6. The molecule has 82 valence electrons. The molecule has 0 aliphatic heterocycles. The molecule has 0 aromatic carbocycles. The topological polar surface area (TPSA) is 37.3 Å². The van der Waals surface area contributed by atoms with Crippen molar-refractivity contribution in [3.05, 3.63) is 23.3 Å². The summed E-state index contributed by atoms with van der Waals surface area (Å²) in [7, 11) is 0. The minimum absolute atomic E-state index is 0.833. The van der Waals surface area contributed by atoms with Crippen LogP contribution >= 0.6 is 0 Å². The molecular formula is C12H22O2. The smallest absolute Gasteiger partial charge is 0.300 e. The lowest BCUT2D eigenvalue weighted by molar-refractivity contribution is -0.134. The van der Waals surface area contributed by atoms with E-state index in [0.29, 0.717) is 0 Å². The summed E-state index contributed by atoms with van der Waals surface area (Å²) in [5.41, 5.74) is 2.90. The molecule has 0 spiro atoms. The number of aliphatic carboxylic acids is 1. The molecule has 0 saturated heterocycles. The molecule has 0 fully saturated rings. The maximum atomic E-state index is 9.00. The van der Waals surface area contributed by atoms with Crippen molar-refractivity contribution in [3.8, 4) is 0 Å². The van der Waals surface area contributed by atoms with Crippen molar-refractivity contribution in [3.63, 3.8) is 0 Å². The molecule has 0 aromatic rings. The third-order valence-electron chi connectivity index (χ3n) is 1.58. The van der Waals surface area contributed by atoms with Crippen LogP contribution in [0, 0.1) is 0 Å². The van der Waals surface area contributed by atoms with Gasteiger partial charge >= 0.3 is 0 Å². The third kappa shape index (κ3) is 22.4. The Labute approximate surface area is 87.3 Å². The first-order chi connectivity index (χ1) is 6.40. The molecule has 0 atom stereocenters. The minimum Gasteiger partial charge on any atom is -0.481 e. The predicted molar refractivity (Wildman–Crippen MR) is 61.4 cm³/mol. The van der Waals surface area contributed by atoms with Crippen molar-refractivity contribution in [2.45, 2.75) is 47.5 Å². The van der Waals surface area contributed by atoms with Crippen molar-refractivity contribution in [1.29, 1.82) is 0 Å². The van der Waals surface area contributed by atoms with Gasteiger partial charge in [0.1, 0.15) is 0 Å². The van der Waals surface area contributed by atoms with Crippen molar-refractivity contribution in [1.82, 2.24) is 0 Å². The summed E-state index contributed by atoms with van der Waals surface area (Å²) in [6.07, 6.45) is 6.87. The monoisotopic (exact) mass is 198 g/mol. The second-order valence-electron chi connectivity index (χ2n) is 3.47. The Hall–Kier alpha value is -1.05. The highest BCUT2D eigenvalue weighted by atomic mass is 16.4. The molecule has 0 aliphatic carbocycles. The summed E-state index contributed by atoms with van der Waals surface area (Å²) in [6.45, 7) is 9.65. The van der Waals surface area contributed by atoms with Gasteiger partial charge in [-0.15, -0.1) is 0 Å². The van der Waals surface area contributed by atoms with Crippen LogP contribution in [0.5, 0.6) is 0 Å². The minimum atomic E-state index is -0.833. The fraction of sp³-hybridized carbons (Fsp3) is 0.583. The van der Waals surface area contributed by atoms with Crippen molar-refractivity contribution in [2.24, 2.45) is 0 Å². The van der Waals surface area contributed by atoms with Crippen molar-refractivity contribution in [2.75, 3.05) is 0 Å². The zero-order valence-electron chi connectivity index (χ0n) is 9.92. The molecular weight excluding hydrogens is 176 g/mol. The number of carboxylic acid groups (broad SMARTS) is 1. The van der Waals surface area contributed by atoms with E-state index < -0.39 is 5.97 Å². The van der Waals surface area contributed by atoms with Gasteiger partial charge in [-0.05, 0) is 40.5 Å². The van der Waals surface area contributed by atoms with Crippen LogP contribution in [0.4, 0.5) is 0 Å². The normalized spacial score (nSPS) is 9.93. The summed E-state index contributed by atoms with van der Waals surface area (Å²) in [4.78, 5) is 9.00. The molecule has 14 heavy (non-hydrogen) atoms. The third-order valence-corrected chi connectivity index (χ3v) is 1.58. The molecule has 0 radical (unpaired) electrons. The lowest BCUT2D eigenvalue weighted by Gasteiger charge is -1.95. The lowest BCUT2D eigenvalue weighted by Crippen LogP contribution is -1.78. The Morgan fingerprint density at radius 2 is 1.64 bits per heavy atom. The summed E-state index contributed by atoms with van der Waals surface area (Å²) in [5, 5.41) is 7.42. The summed E-state index contributed by atoms with van der Waals surface area (Å²) in [5.74, 6) is -0.833. The highest BCUT2D eigenvalue weighted by Crippen LogP contribution is 2.05. The van der Waals surface area contributed by atoms with Gasteiger partial charge in [-0.3, -0.25) is 4.79 Å². The van der Waals surface area contributed by atoms with E-state index in [9.17, 15) is 0 Å². The first kappa shape index (κ1) is 15.4. The molecule has 0 amide bonds. The predicted octanol–water partition coefficient (Wildman–Crippen LogP) is 3.79. The van der Waals surface area contributed by atoms with Crippen molar-refractivity contribution < 1.29 is 9.90 Å². The van der Waals surface area contributed by atoms with Crippen LogP contribution < -0.4 is 0 Å². The molecule has 2 nitrogen and oxygen atoms in total. The zero-order valence-corrected chi connectivity index (χ0v) is 9.92. The highest BCUT2D eigenvalue weighted by Gasteiger charge is 1.84. The standard InChI is InChI=1S/C10H18.C2H4O2/c1-5-10(4)8-6-7-9(2)3;1-2(3)4/h5,7H,6,8H2,1-4H3;1H3,(H,3,4). The molecule has 0 aromatic heterocycles. The SMILES string of the molecule is CC(=O)O.CC=C(C)CCC=C(C)C. The molecule has 0 rings (SSSR count). The van der Waals surface area contributed by atoms with Gasteiger partial charge in [0, 0.05) is 6.92 Å². The molecule has 0 bridgehead atoms. The summed E-state index contributed by atoms with van der Waals surface area (Å²) in [6, 6.07) is 0. The maximum Gasteiger partial charge on any atom is 0.300 e. The van der Waals surface area contributed by atoms with Crippen molar-refractivity contribution >= 4 is 5.97 Å². The van der Waals surface area contributed by atoms with Crippen LogP contribution in [0.15, 0.2) is 23.3 Å². The fourth-order valence-electron chi connectivity index (χ4n) is 0.733. The second-order valence-corrected chi connectivity index (χ2v) is 3.47. The number of allylic oxidation sites excluding steroid dienone is 4. The van der Waals surface area contributed by atoms with E-state index >= 15 is 0 Å². The number of carboxylic acids is 1. The van der Waals surface area contributed by atoms with E-state index in [0.717, 1.165) is 6.92 Å². The lowest BCUT2D eigenvalue weighted by atomic mass is 10.1. The average Bonchev–Trinajstić information content (AvgIpc) is 2.02. The van der Waals surface area contributed by atoms with Crippen LogP contribution in [-0.2, 0) is 4.79 Å². The highest BCUT2D eigenvalue weighted by molar-refractivity contribution is 5.62. The van der Waals surface area contributed by atoms with E-state index in [1.54, 1.807) is 0 Å². The van der Waals surface area contributed by atoms with E-state index in [2.05, 4.69) is 39.8 Å². The van der Waals surface area contributed by atoms with Gasteiger partial charge in [-0.1, -0.05) is 23.3 Å². The van der Waals surface area contributed by atoms with Gasteiger partial charge in [0.15, 0.2) is 0 Å². The molecule has 0 heterocycles. The molecule has 0 saturated carbocycles. The second kappa shape index (κ2) is 10.0. The summed E-state index contributed by atoms with van der Waals surface area (Å²) >= 11 is 0. The molecule has 2 heteroatoms. The van der Waals surface area contributed by atoms with Crippen LogP contribution in [-0.4, -0.2) is 11.1 Å². The fourth-order valence-corrected chi connectivity index (χ4v) is 0.733. The van der Waals surface area contributed by atoms with Gasteiger partial charge in [0.05, 0.1) is 0 Å². The van der Waals surface area contributed by atoms with Crippen LogP contribution in [0.3, 0.4) is 0 Å². The number of hydrogen-bond donors (Lipinski definition) is 1. The van der Waals surface area contributed by atoms with E-state index in [-0.39, 0.29) is 0 Å². The van der Waals surface area contributed by atoms with Crippen LogP contribution in [0.2, 0.25) is 0 Å². The molecule has 0 aliphatic rings. The van der Waals surface area contributed by atoms with E-state index in [1.807, 2.05) is 0 Å². The number of hydrogen-bond acceptors (Lipinski definition) is 1. The Bertz CT molecular complexity index is 204. The molecule has 0 unspecified atom stereocenters.